The Morgan fingerprint density at radius 1 is 0.950 bits per heavy atom. The molecular weight excluding hydrogens is 528 g/mol. The number of nitrogens with one attached hydrogen (secondary N) is 1. The van der Waals surface area contributed by atoms with Crippen molar-refractivity contribution in [2.75, 3.05) is 36.6 Å². The summed E-state index contributed by atoms with van der Waals surface area (Å²) in [7, 11) is 0. The van der Waals surface area contributed by atoms with Gasteiger partial charge < -0.3 is 10.1 Å². The van der Waals surface area contributed by atoms with E-state index < -0.39 is 5.97 Å². The summed E-state index contributed by atoms with van der Waals surface area (Å²) in [6.07, 6.45) is 4.24. The average molecular weight is 559 g/mol. The van der Waals surface area contributed by atoms with Gasteiger partial charge in [0, 0.05) is 21.8 Å². The first kappa shape index (κ1) is 27.6. The number of hydrogen-bond donors (Lipinski definition) is 1. The first-order valence-corrected chi connectivity index (χ1v) is 13.9. The number of piperidine rings is 1. The molecule has 40 heavy (non-hydrogen) atoms. The molecule has 5 rings (SSSR count). The highest BCUT2D eigenvalue weighted by Gasteiger charge is 2.35. The predicted octanol–water partition coefficient (Wildman–Crippen LogP) is 6.07. The molecule has 0 atom stereocenters. The van der Waals surface area contributed by atoms with Gasteiger partial charge in [-0.15, -0.1) is 0 Å². The molecule has 3 aromatic carbocycles. The summed E-state index contributed by atoms with van der Waals surface area (Å²) in [5.41, 5.74) is 3.82. The fraction of sp³-hybridized carbons (Fsp3) is 0.290. The van der Waals surface area contributed by atoms with Crippen molar-refractivity contribution < 1.29 is 19.1 Å². The third-order valence-electron chi connectivity index (χ3n) is 6.93. The maximum Gasteiger partial charge on any atom is 0.338 e. The highest BCUT2D eigenvalue weighted by atomic mass is 35.5. The number of esters is 1. The number of aliphatic imine (C=N–C) groups is 1. The number of likely N-dealkylation sites (tertiary alicyclic amines) is 1. The van der Waals surface area contributed by atoms with Gasteiger partial charge in [0.25, 0.3) is 11.8 Å². The highest BCUT2D eigenvalue weighted by Crippen LogP contribution is 2.33. The molecule has 1 saturated heterocycles. The molecule has 1 N–H and O–H groups in total. The summed E-state index contributed by atoms with van der Waals surface area (Å²) in [6, 6.07) is 18.7. The van der Waals surface area contributed by atoms with Crippen LogP contribution in [0.1, 0.15) is 58.9 Å². The monoisotopic (exact) mass is 558 g/mol. The summed E-state index contributed by atoms with van der Waals surface area (Å²) < 4.78 is 5.13. The summed E-state index contributed by atoms with van der Waals surface area (Å²) in [5, 5.41) is 3.36. The molecule has 0 bridgehead atoms. The lowest BCUT2D eigenvalue weighted by Gasteiger charge is -2.30. The van der Waals surface area contributed by atoms with Crippen molar-refractivity contribution in [2.24, 2.45) is 4.99 Å². The van der Waals surface area contributed by atoms with Gasteiger partial charge in [-0.05, 0) is 99.1 Å². The van der Waals surface area contributed by atoms with Gasteiger partial charge >= 0.3 is 5.97 Å². The Hall–Kier alpha value is -4.01. The zero-order valence-electron chi connectivity index (χ0n) is 22.4. The van der Waals surface area contributed by atoms with Crippen LogP contribution in [0, 0.1) is 0 Å². The van der Waals surface area contributed by atoms with Crippen LogP contribution >= 0.6 is 11.6 Å². The van der Waals surface area contributed by atoms with Gasteiger partial charge in [0.15, 0.2) is 0 Å². The Labute approximate surface area is 238 Å². The van der Waals surface area contributed by atoms with E-state index in [9.17, 15) is 14.4 Å². The van der Waals surface area contributed by atoms with Crippen molar-refractivity contribution in [3.8, 4) is 0 Å². The molecule has 0 aromatic heterocycles. The van der Waals surface area contributed by atoms with E-state index in [0.717, 1.165) is 38.0 Å². The number of rotatable bonds is 8. The van der Waals surface area contributed by atoms with Crippen molar-refractivity contribution in [3.63, 3.8) is 0 Å². The Balaban J connectivity index is 1.29. The van der Waals surface area contributed by atoms with E-state index in [4.69, 9.17) is 16.3 Å². The number of anilines is 2. The van der Waals surface area contributed by atoms with Gasteiger partial charge in [-0.2, -0.15) is 0 Å². The molecule has 0 radical (unpaired) electrons. The highest BCUT2D eigenvalue weighted by molar-refractivity contribution is 6.55. The van der Waals surface area contributed by atoms with Crippen molar-refractivity contribution in [2.45, 2.75) is 32.6 Å². The maximum atomic E-state index is 13.5. The molecule has 8 nitrogen and oxygen atoms in total. The lowest BCUT2D eigenvalue weighted by atomic mass is 10.1. The first-order chi connectivity index (χ1) is 19.4. The number of carbonyl (C=O) groups is 3. The molecule has 2 heterocycles. The summed E-state index contributed by atoms with van der Waals surface area (Å²) in [4.78, 5) is 47.0. The SMILES string of the molecule is CCCOC(=O)c1ccc(NC(=O)c2ccc(N=C3C(=O)N(CN4CCCCC4)c4ccc(Cl)cc43)cc2)cc1. The van der Waals surface area contributed by atoms with E-state index in [1.54, 1.807) is 65.6 Å². The van der Waals surface area contributed by atoms with Crippen molar-refractivity contribution >= 4 is 52.2 Å². The van der Waals surface area contributed by atoms with E-state index >= 15 is 0 Å². The van der Waals surface area contributed by atoms with Crippen molar-refractivity contribution in [1.82, 2.24) is 4.90 Å². The van der Waals surface area contributed by atoms with Gasteiger partial charge in [-0.1, -0.05) is 24.9 Å². The molecule has 2 aliphatic rings. The molecule has 2 amide bonds. The Morgan fingerprint density at radius 3 is 2.35 bits per heavy atom. The second-order valence-electron chi connectivity index (χ2n) is 9.89. The van der Waals surface area contributed by atoms with Gasteiger partial charge in [0.1, 0.15) is 5.71 Å². The van der Waals surface area contributed by atoms with Crippen LogP contribution in [-0.4, -0.2) is 54.8 Å². The molecule has 9 heteroatoms. The third-order valence-corrected chi connectivity index (χ3v) is 7.16. The number of benzene rings is 3. The minimum Gasteiger partial charge on any atom is -0.462 e. The van der Waals surface area contributed by atoms with Crippen molar-refractivity contribution in [3.05, 3.63) is 88.4 Å². The van der Waals surface area contributed by atoms with E-state index in [-0.39, 0.29) is 11.8 Å². The first-order valence-electron chi connectivity index (χ1n) is 13.5. The smallest absolute Gasteiger partial charge is 0.338 e. The van der Waals surface area contributed by atoms with Crippen LogP contribution in [0.5, 0.6) is 0 Å². The van der Waals surface area contributed by atoms with Gasteiger partial charge in [0.05, 0.1) is 30.2 Å². The fourth-order valence-corrected chi connectivity index (χ4v) is 4.99. The summed E-state index contributed by atoms with van der Waals surface area (Å²) in [6.45, 7) is 4.76. The number of fused-ring (bicyclic) bond motifs is 1. The van der Waals surface area contributed by atoms with E-state index in [2.05, 4.69) is 15.2 Å². The number of hydrogen-bond acceptors (Lipinski definition) is 6. The average Bonchev–Trinajstić information content (AvgIpc) is 3.22. The minimum absolute atomic E-state index is 0.160. The number of ether oxygens (including phenoxy) is 1. The Bertz CT molecular complexity index is 1430. The lowest BCUT2D eigenvalue weighted by molar-refractivity contribution is -0.112. The number of amides is 2. The van der Waals surface area contributed by atoms with E-state index in [0.29, 0.717) is 52.1 Å². The van der Waals surface area contributed by atoms with Crippen LogP contribution in [0.25, 0.3) is 0 Å². The summed E-state index contributed by atoms with van der Waals surface area (Å²) in [5.74, 6) is -0.855. The van der Waals surface area contributed by atoms with Gasteiger partial charge in [-0.25, -0.2) is 9.79 Å². The molecular formula is C31H31ClN4O4. The van der Waals surface area contributed by atoms with Crippen LogP contribution in [0.15, 0.2) is 71.7 Å². The van der Waals surface area contributed by atoms with Crippen molar-refractivity contribution in [1.29, 1.82) is 0 Å². The van der Waals surface area contributed by atoms with Crippen LogP contribution in [-0.2, 0) is 9.53 Å². The molecule has 206 valence electrons. The quantitative estimate of drug-likeness (QED) is 0.339. The van der Waals surface area contributed by atoms with E-state index in [1.807, 2.05) is 13.0 Å². The van der Waals surface area contributed by atoms with Crippen LogP contribution in [0.3, 0.4) is 0 Å². The molecule has 3 aromatic rings. The number of carbonyl (C=O) groups excluding carboxylic acids is 3. The van der Waals surface area contributed by atoms with E-state index in [1.165, 1.54) is 6.42 Å². The van der Waals surface area contributed by atoms with Crippen LogP contribution < -0.4 is 10.2 Å². The summed E-state index contributed by atoms with van der Waals surface area (Å²) >= 11 is 6.28. The molecule has 2 aliphatic heterocycles. The lowest BCUT2D eigenvalue weighted by Crippen LogP contribution is -2.43. The Kier molecular flexibility index (Phi) is 8.57. The molecule has 0 unspecified atom stereocenters. The zero-order chi connectivity index (χ0) is 28.1. The standard InChI is InChI=1S/C31H31ClN4O4/c1-2-18-40-31(39)22-8-13-25(14-9-22)34-29(37)21-6-11-24(12-7-21)33-28-26-19-23(32)10-15-27(26)36(30(28)38)20-35-16-4-3-5-17-35/h6-15,19H,2-5,16-18,20H2,1H3,(H,34,37). The third kappa shape index (κ3) is 6.24. The van der Waals surface area contributed by atoms with Crippen LogP contribution in [0.2, 0.25) is 5.02 Å². The molecule has 0 aliphatic carbocycles. The second kappa shape index (κ2) is 12.4. The Morgan fingerprint density at radius 2 is 1.65 bits per heavy atom. The molecule has 0 spiro atoms. The largest absolute Gasteiger partial charge is 0.462 e. The normalized spacial score (nSPS) is 16.2. The molecule has 1 fully saturated rings. The zero-order valence-corrected chi connectivity index (χ0v) is 23.1. The number of halogens is 1. The maximum absolute atomic E-state index is 13.5. The topological polar surface area (TPSA) is 91.3 Å². The number of nitrogens with zero attached hydrogens (tertiary/aromatic N) is 3. The minimum atomic E-state index is -0.391. The predicted molar refractivity (Wildman–Crippen MR) is 157 cm³/mol. The fourth-order valence-electron chi connectivity index (χ4n) is 4.82. The van der Waals surface area contributed by atoms with Crippen LogP contribution in [0.4, 0.5) is 17.1 Å². The second-order valence-corrected chi connectivity index (χ2v) is 10.3. The van der Waals surface area contributed by atoms with Gasteiger partial charge in [-0.3, -0.25) is 19.4 Å². The van der Waals surface area contributed by atoms with Gasteiger partial charge in [0.2, 0.25) is 0 Å². The molecule has 0 saturated carbocycles.